The predicted octanol–water partition coefficient (Wildman–Crippen LogP) is 1.24. The molecule has 0 saturated carbocycles. The van der Waals surface area contributed by atoms with Gasteiger partial charge in [-0.05, 0) is 51.7 Å². The van der Waals surface area contributed by atoms with Gasteiger partial charge in [-0.25, -0.2) is 0 Å². The van der Waals surface area contributed by atoms with Crippen LogP contribution in [-0.2, 0) is 4.74 Å². The second-order valence-electron chi connectivity index (χ2n) is 6.38. The van der Waals surface area contributed by atoms with Gasteiger partial charge in [0.15, 0.2) is 0 Å². The summed E-state index contributed by atoms with van der Waals surface area (Å²) in [5, 5.41) is 13.8. The first-order chi connectivity index (χ1) is 9.13. The van der Waals surface area contributed by atoms with Gasteiger partial charge >= 0.3 is 0 Å². The summed E-state index contributed by atoms with van der Waals surface area (Å²) in [4.78, 5) is 2.57. The van der Waals surface area contributed by atoms with Gasteiger partial charge in [0.1, 0.15) is 5.60 Å². The third-order valence-electron chi connectivity index (χ3n) is 4.71. The molecule has 112 valence electrons. The lowest BCUT2D eigenvalue weighted by atomic mass is 9.89. The summed E-state index contributed by atoms with van der Waals surface area (Å²) in [6.45, 7) is 10.1. The van der Waals surface area contributed by atoms with E-state index in [9.17, 15) is 5.11 Å². The number of likely N-dealkylation sites (tertiary alicyclic amines) is 1. The van der Waals surface area contributed by atoms with Crippen LogP contribution in [-0.4, -0.2) is 61.0 Å². The Morgan fingerprint density at radius 3 is 2.74 bits per heavy atom. The highest BCUT2D eigenvalue weighted by Gasteiger charge is 2.33. The Hall–Kier alpha value is -0.160. The molecule has 2 fully saturated rings. The molecule has 2 aliphatic heterocycles. The summed E-state index contributed by atoms with van der Waals surface area (Å²) in [5.41, 5.74) is -0.628. The minimum atomic E-state index is -0.628. The van der Waals surface area contributed by atoms with Gasteiger partial charge in [-0.3, -0.25) is 0 Å². The number of hydrogen-bond acceptors (Lipinski definition) is 4. The average molecular weight is 270 g/mol. The summed E-state index contributed by atoms with van der Waals surface area (Å²) in [6.07, 6.45) is 4.58. The van der Waals surface area contributed by atoms with Crippen LogP contribution >= 0.6 is 0 Å². The first-order valence-electron chi connectivity index (χ1n) is 7.89. The fourth-order valence-electron chi connectivity index (χ4n) is 3.25. The van der Waals surface area contributed by atoms with Crippen molar-refractivity contribution >= 4 is 0 Å². The lowest BCUT2D eigenvalue weighted by molar-refractivity contribution is 0.0222. The van der Waals surface area contributed by atoms with Crippen LogP contribution in [0.15, 0.2) is 0 Å². The van der Waals surface area contributed by atoms with Crippen molar-refractivity contribution in [2.45, 2.75) is 51.2 Å². The van der Waals surface area contributed by atoms with Crippen LogP contribution in [0, 0.1) is 5.92 Å². The third kappa shape index (κ3) is 4.42. The summed E-state index contributed by atoms with van der Waals surface area (Å²) < 4.78 is 5.28. The van der Waals surface area contributed by atoms with Crippen molar-refractivity contribution in [2.75, 3.05) is 39.4 Å². The fourth-order valence-corrected chi connectivity index (χ4v) is 3.25. The van der Waals surface area contributed by atoms with Crippen molar-refractivity contribution in [2.24, 2.45) is 5.92 Å². The molecule has 0 aromatic heterocycles. The molecule has 4 nitrogen and oxygen atoms in total. The smallest absolute Gasteiger partial charge is 0.102 e. The van der Waals surface area contributed by atoms with E-state index in [-0.39, 0.29) is 0 Å². The Morgan fingerprint density at radius 1 is 1.42 bits per heavy atom. The van der Waals surface area contributed by atoms with Crippen LogP contribution in [0.5, 0.6) is 0 Å². The van der Waals surface area contributed by atoms with Crippen molar-refractivity contribution in [1.29, 1.82) is 0 Å². The van der Waals surface area contributed by atoms with E-state index in [2.05, 4.69) is 24.1 Å². The molecule has 2 saturated heterocycles. The monoisotopic (exact) mass is 270 g/mol. The summed E-state index contributed by atoms with van der Waals surface area (Å²) in [6, 6.07) is 0.494. The van der Waals surface area contributed by atoms with E-state index in [4.69, 9.17) is 4.74 Å². The number of nitrogens with zero attached hydrogens (tertiary/aromatic N) is 1. The molecule has 0 aliphatic carbocycles. The molecule has 2 heterocycles. The Labute approximate surface area is 117 Å². The highest BCUT2D eigenvalue weighted by Crippen LogP contribution is 2.22. The van der Waals surface area contributed by atoms with Gasteiger partial charge in [-0.1, -0.05) is 6.92 Å². The Balaban J connectivity index is 1.68. The molecule has 4 heteroatoms. The third-order valence-corrected chi connectivity index (χ3v) is 4.71. The van der Waals surface area contributed by atoms with Crippen LogP contribution in [0.1, 0.15) is 39.5 Å². The van der Waals surface area contributed by atoms with Gasteiger partial charge in [0.05, 0.1) is 6.61 Å². The Kier molecular flexibility index (Phi) is 5.63. The lowest BCUT2D eigenvalue weighted by Gasteiger charge is -2.36. The lowest BCUT2D eigenvalue weighted by Crippen LogP contribution is -2.48. The molecule has 0 aromatic rings. The molecule has 19 heavy (non-hydrogen) atoms. The van der Waals surface area contributed by atoms with E-state index in [1.807, 2.05) is 0 Å². The minimum Gasteiger partial charge on any atom is -0.386 e. The largest absolute Gasteiger partial charge is 0.386 e. The van der Waals surface area contributed by atoms with E-state index >= 15 is 0 Å². The first-order valence-corrected chi connectivity index (χ1v) is 7.89. The normalized spacial score (nSPS) is 31.7. The zero-order valence-corrected chi connectivity index (χ0v) is 12.5. The summed E-state index contributed by atoms with van der Waals surface area (Å²) in [7, 11) is 0. The molecule has 0 amide bonds. The maximum Gasteiger partial charge on any atom is 0.102 e. The van der Waals surface area contributed by atoms with E-state index in [1.165, 1.54) is 38.9 Å². The highest BCUT2D eigenvalue weighted by molar-refractivity contribution is 4.87. The molecule has 2 aliphatic rings. The molecule has 0 radical (unpaired) electrons. The average Bonchev–Trinajstić information content (AvgIpc) is 2.85. The second kappa shape index (κ2) is 7.02. The molecular formula is C15H30N2O2. The van der Waals surface area contributed by atoms with Crippen molar-refractivity contribution < 1.29 is 9.84 Å². The number of aliphatic hydroxyl groups is 1. The number of piperidine rings is 1. The van der Waals surface area contributed by atoms with E-state index in [0.29, 0.717) is 25.8 Å². The number of nitrogens with one attached hydrogen (secondary N) is 1. The van der Waals surface area contributed by atoms with Crippen molar-refractivity contribution in [1.82, 2.24) is 10.2 Å². The Morgan fingerprint density at radius 2 is 2.16 bits per heavy atom. The summed E-state index contributed by atoms with van der Waals surface area (Å²) >= 11 is 0. The van der Waals surface area contributed by atoms with Gasteiger partial charge in [0, 0.05) is 25.6 Å². The quantitative estimate of drug-likeness (QED) is 0.762. The molecule has 2 rings (SSSR count). The van der Waals surface area contributed by atoms with Crippen molar-refractivity contribution in [3.05, 3.63) is 0 Å². The van der Waals surface area contributed by atoms with Crippen molar-refractivity contribution in [3.63, 3.8) is 0 Å². The Bertz CT molecular complexity index is 259. The summed E-state index contributed by atoms with van der Waals surface area (Å²) in [5.74, 6) is 0.749. The second-order valence-corrected chi connectivity index (χ2v) is 6.38. The fraction of sp³-hybridized carbons (Fsp3) is 1.00. The van der Waals surface area contributed by atoms with E-state index in [0.717, 1.165) is 12.3 Å². The molecule has 2 N–H and O–H groups in total. The maximum absolute atomic E-state index is 10.3. The maximum atomic E-state index is 10.3. The van der Waals surface area contributed by atoms with Crippen LogP contribution in [0.4, 0.5) is 0 Å². The molecule has 2 atom stereocenters. The molecule has 0 spiro atoms. The van der Waals surface area contributed by atoms with Crippen LogP contribution in [0.25, 0.3) is 0 Å². The topological polar surface area (TPSA) is 44.7 Å². The van der Waals surface area contributed by atoms with Crippen LogP contribution in [0.2, 0.25) is 0 Å². The zero-order chi connectivity index (χ0) is 13.7. The number of ether oxygens (including phenoxy) is 1. The van der Waals surface area contributed by atoms with Gasteiger partial charge in [0.2, 0.25) is 0 Å². The van der Waals surface area contributed by atoms with E-state index < -0.39 is 5.60 Å². The van der Waals surface area contributed by atoms with Crippen molar-refractivity contribution in [3.8, 4) is 0 Å². The van der Waals surface area contributed by atoms with Gasteiger partial charge in [-0.2, -0.15) is 0 Å². The van der Waals surface area contributed by atoms with Gasteiger partial charge in [0.25, 0.3) is 0 Å². The molecular weight excluding hydrogens is 240 g/mol. The first kappa shape index (κ1) is 15.2. The number of rotatable bonds is 6. The van der Waals surface area contributed by atoms with Crippen LogP contribution < -0.4 is 5.32 Å². The van der Waals surface area contributed by atoms with Gasteiger partial charge < -0.3 is 20.1 Å². The number of hydrogen-bond donors (Lipinski definition) is 2. The molecule has 2 unspecified atom stereocenters. The minimum absolute atomic E-state index is 0.488. The zero-order valence-electron chi connectivity index (χ0n) is 12.5. The SMILES string of the molecule is CCCN1CCC(C(C)NCC2(O)CCOC2)CC1. The highest BCUT2D eigenvalue weighted by atomic mass is 16.5. The van der Waals surface area contributed by atoms with Gasteiger partial charge in [-0.15, -0.1) is 0 Å². The standard InChI is InChI=1S/C15H30N2O2/c1-3-7-17-8-4-14(5-9-17)13(2)16-11-15(18)6-10-19-12-15/h13-14,16,18H,3-12H2,1-2H3. The molecule has 0 aromatic carbocycles. The van der Waals surface area contributed by atoms with E-state index in [1.54, 1.807) is 0 Å². The predicted molar refractivity (Wildman–Crippen MR) is 77.3 cm³/mol. The molecule has 0 bridgehead atoms. The van der Waals surface area contributed by atoms with Crippen LogP contribution in [0.3, 0.4) is 0 Å².